The number of nitrogens with zero attached hydrogens (tertiary/aromatic N) is 1. The minimum Gasteiger partial charge on any atom is -0.448 e. The van der Waals surface area contributed by atoms with Crippen LogP contribution in [0.1, 0.15) is 92.5 Å². The highest BCUT2D eigenvalue weighted by atomic mass is 16.6. The van der Waals surface area contributed by atoms with E-state index < -0.39 is 0 Å². The molecular weight excluding hydrogens is 454 g/mol. The number of carbonyl (C=O) groups excluding carboxylic acids is 1. The van der Waals surface area contributed by atoms with Crippen LogP contribution in [0, 0.1) is 0 Å². The molecule has 0 saturated carbocycles. The van der Waals surface area contributed by atoms with Gasteiger partial charge >= 0.3 is 6.09 Å². The van der Waals surface area contributed by atoms with Crippen LogP contribution in [0.4, 0.5) is 4.79 Å². The van der Waals surface area contributed by atoms with E-state index in [4.69, 9.17) is 4.74 Å². The number of amides is 1. The van der Waals surface area contributed by atoms with Gasteiger partial charge in [-0.2, -0.15) is 0 Å². The van der Waals surface area contributed by atoms with Crippen LogP contribution >= 0.6 is 0 Å². The third-order valence-corrected chi connectivity index (χ3v) is 8.64. The molecule has 3 aromatic rings. The standard InChI is InChI=1S/C34H37NO2/c1-21(2)26-14-9-15-27(22(3)4)33(26)23-18-24-16-17-25(19-23)35(24)34(36)37-20-32-30-12-7-5-10-28(30)29-11-6-8-13-31(29)32/h5-15,18,21-22,24-25,32H,16-17,19-20H2,1-4H3. The molecule has 6 rings (SSSR count). The van der Waals surface area contributed by atoms with Crippen LogP contribution in [0.25, 0.3) is 16.7 Å². The molecule has 2 unspecified atom stereocenters. The summed E-state index contributed by atoms with van der Waals surface area (Å²) in [4.78, 5) is 15.5. The molecule has 3 nitrogen and oxygen atoms in total. The monoisotopic (exact) mass is 491 g/mol. The zero-order valence-corrected chi connectivity index (χ0v) is 22.4. The Bertz CT molecular complexity index is 1300. The van der Waals surface area contributed by atoms with Crippen LogP contribution in [-0.2, 0) is 4.74 Å². The molecular formula is C34H37NO2. The van der Waals surface area contributed by atoms with Gasteiger partial charge in [0.2, 0.25) is 0 Å². The average molecular weight is 492 g/mol. The van der Waals surface area contributed by atoms with Gasteiger partial charge in [0.05, 0.1) is 6.04 Å². The van der Waals surface area contributed by atoms with Crippen LogP contribution in [0.3, 0.4) is 0 Å². The molecule has 0 aromatic heterocycles. The Balaban J connectivity index is 1.24. The molecule has 2 aliphatic heterocycles. The lowest BCUT2D eigenvalue weighted by atomic mass is 9.82. The van der Waals surface area contributed by atoms with Crippen molar-refractivity contribution in [3.8, 4) is 11.1 Å². The molecule has 37 heavy (non-hydrogen) atoms. The van der Waals surface area contributed by atoms with Crippen molar-refractivity contribution in [1.82, 2.24) is 4.90 Å². The molecule has 2 bridgehead atoms. The molecule has 1 saturated heterocycles. The van der Waals surface area contributed by atoms with E-state index in [0.29, 0.717) is 18.4 Å². The summed E-state index contributed by atoms with van der Waals surface area (Å²) in [6, 6.07) is 24.1. The number of rotatable bonds is 5. The van der Waals surface area contributed by atoms with E-state index in [1.54, 1.807) is 0 Å². The molecule has 3 heteroatoms. The third kappa shape index (κ3) is 4.09. The number of ether oxygens (including phenoxy) is 1. The van der Waals surface area contributed by atoms with Gasteiger partial charge in [-0.05, 0) is 75.6 Å². The maximum absolute atomic E-state index is 13.5. The van der Waals surface area contributed by atoms with Gasteiger partial charge in [-0.1, -0.05) is 101 Å². The zero-order chi connectivity index (χ0) is 25.7. The molecule has 0 radical (unpaired) electrons. The largest absolute Gasteiger partial charge is 0.448 e. The van der Waals surface area contributed by atoms with E-state index in [1.807, 2.05) is 4.90 Å². The van der Waals surface area contributed by atoms with Gasteiger partial charge in [0.25, 0.3) is 0 Å². The first-order valence-corrected chi connectivity index (χ1v) is 13.9. The number of benzene rings is 3. The number of hydrogen-bond acceptors (Lipinski definition) is 2. The smallest absolute Gasteiger partial charge is 0.410 e. The van der Waals surface area contributed by atoms with Crippen molar-refractivity contribution in [3.05, 3.63) is 101 Å². The van der Waals surface area contributed by atoms with Gasteiger partial charge in [-0.3, -0.25) is 4.90 Å². The van der Waals surface area contributed by atoms with E-state index in [-0.39, 0.29) is 24.1 Å². The summed E-state index contributed by atoms with van der Waals surface area (Å²) < 4.78 is 6.08. The van der Waals surface area contributed by atoms with Gasteiger partial charge in [-0.15, -0.1) is 0 Å². The summed E-state index contributed by atoms with van der Waals surface area (Å²) in [6.45, 7) is 9.51. The Morgan fingerprint density at radius 1 is 0.838 bits per heavy atom. The number of carbonyl (C=O) groups is 1. The Labute approximate surface area is 221 Å². The van der Waals surface area contributed by atoms with Gasteiger partial charge < -0.3 is 4.74 Å². The Morgan fingerprint density at radius 2 is 1.43 bits per heavy atom. The van der Waals surface area contributed by atoms with Crippen molar-refractivity contribution >= 4 is 11.7 Å². The zero-order valence-electron chi connectivity index (χ0n) is 22.4. The second kappa shape index (κ2) is 9.52. The Hall–Kier alpha value is -3.33. The van der Waals surface area contributed by atoms with Crippen molar-refractivity contribution in [2.24, 2.45) is 0 Å². The van der Waals surface area contributed by atoms with E-state index in [2.05, 4.69) is 101 Å². The predicted molar refractivity (Wildman–Crippen MR) is 151 cm³/mol. The summed E-state index contributed by atoms with van der Waals surface area (Å²) in [6.07, 6.45) is 5.17. The molecule has 0 spiro atoms. The summed E-state index contributed by atoms with van der Waals surface area (Å²) in [5.74, 6) is 1.02. The number of fused-ring (bicyclic) bond motifs is 5. The lowest BCUT2D eigenvalue weighted by Gasteiger charge is -2.35. The lowest BCUT2D eigenvalue weighted by molar-refractivity contribution is 0.0866. The van der Waals surface area contributed by atoms with E-state index in [1.165, 1.54) is 44.5 Å². The molecule has 0 N–H and O–H groups in total. The van der Waals surface area contributed by atoms with Crippen LogP contribution in [-0.4, -0.2) is 29.7 Å². The maximum Gasteiger partial charge on any atom is 0.410 e. The van der Waals surface area contributed by atoms with Gasteiger partial charge in [0.1, 0.15) is 6.61 Å². The van der Waals surface area contributed by atoms with E-state index >= 15 is 0 Å². The third-order valence-electron chi connectivity index (χ3n) is 8.64. The minimum atomic E-state index is -0.161. The Morgan fingerprint density at radius 3 is 2.00 bits per heavy atom. The van der Waals surface area contributed by atoms with Crippen molar-refractivity contribution in [3.63, 3.8) is 0 Å². The van der Waals surface area contributed by atoms with Gasteiger partial charge in [-0.25, -0.2) is 4.79 Å². The lowest BCUT2D eigenvalue weighted by Crippen LogP contribution is -2.43. The van der Waals surface area contributed by atoms with E-state index in [0.717, 1.165) is 19.3 Å². The number of hydrogen-bond donors (Lipinski definition) is 0. The van der Waals surface area contributed by atoms with Crippen LogP contribution in [0.15, 0.2) is 72.8 Å². The molecule has 2 heterocycles. The summed E-state index contributed by atoms with van der Waals surface area (Å²) in [7, 11) is 0. The van der Waals surface area contributed by atoms with Crippen LogP contribution in [0.5, 0.6) is 0 Å². The molecule has 1 aliphatic carbocycles. The fourth-order valence-electron chi connectivity index (χ4n) is 6.89. The van der Waals surface area contributed by atoms with Crippen molar-refractivity contribution in [2.45, 2.75) is 76.8 Å². The summed E-state index contributed by atoms with van der Waals surface area (Å²) in [5.41, 5.74) is 10.7. The molecule has 1 amide bonds. The second-order valence-electron chi connectivity index (χ2n) is 11.5. The molecule has 3 aliphatic rings. The fraction of sp³-hybridized carbons (Fsp3) is 0.382. The summed E-state index contributed by atoms with van der Waals surface area (Å²) in [5, 5.41) is 0. The first-order valence-electron chi connectivity index (χ1n) is 13.9. The highest BCUT2D eigenvalue weighted by Gasteiger charge is 2.42. The second-order valence-corrected chi connectivity index (χ2v) is 11.5. The van der Waals surface area contributed by atoms with Crippen molar-refractivity contribution < 1.29 is 9.53 Å². The van der Waals surface area contributed by atoms with Crippen LogP contribution < -0.4 is 0 Å². The maximum atomic E-state index is 13.5. The highest BCUT2D eigenvalue weighted by molar-refractivity contribution is 5.80. The van der Waals surface area contributed by atoms with Gasteiger partial charge in [0.15, 0.2) is 0 Å². The SMILES string of the molecule is CC(C)c1cccc(C(C)C)c1C1=CC2CCC(C1)N2C(=O)OCC1c2ccccc2-c2ccccc21. The van der Waals surface area contributed by atoms with E-state index in [9.17, 15) is 4.79 Å². The van der Waals surface area contributed by atoms with Crippen molar-refractivity contribution in [1.29, 1.82) is 0 Å². The molecule has 190 valence electrons. The highest BCUT2D eigenvalue weighted by Crippen LogP contribution is 2.46. The molecule has 3 aromatic carbocycles. The minimum absolute atomic E-state index is 0.0939. The Kier molecular flexibility index (Phi) is 6.18. The summed E-state index contributed by atoms with van der Waals surface area (Å²) >= 11 is 0. The topological polar surface area (TPSA) is 29.5 Å². The average Bonchev–Trinajstić information content (AvgIpc) is 3.37. The first-order chi connectivity index (χ1) is 17.9. The molecule has 1 fully saturated rings. The van der Waals surface area contributed by atoms with Crippen LogP contribution in [0.2, 0.25) is 0 Å². The van der Waals surface area contributed by atoms with Gasteiger partial charge in [0, 0.05) is 12.0 Å². The molecule has 2 atom stereocenters. The predicted octanol–water partition coefficient (Wildman–Crippen LogP) is 8.50. The fourth-order valence-corrected chi connectivity index (χ4v) is 6.89. The van der Waals surface area contributed by atoms with Crippen molar-refractivity contribution in [2.75, 3.05) is 6.61 Å². The normalized spacial score (nSPS) is 20.3. The quantitative estimate of drug-likeness (QED) is 0.358. The first kappa shape index (κ1) is 24.0.